The van der Waals surface area contributed by atoms with Crippen LogP contribution in [0.5, 0.6) is 0 Å². The normalized spacial score (nSPS) is 11.3. The quantitative estimate of drug-likeness (QED) is 0.842. The third-order valence-electron chi connectivity index (χ3n) is 2.35. The molecule has 0 spiro atoms. The van der Waals surface area contributed by atoms with Crippen LogP contribution in [-0.4, -0.2) is 18.6 Å². The molecule has 3 N–H and O–H groups in total. The second-order valence-electron chi connectivity index (χ2n) is 3.88. The van der Waals surface area contributed by atoms with E-state index in [1.54, 1.807) is 6.92 Å². The van der Waals surface area contributed by atoms with Gasteiger partial charge in [0.1, 0.15) is 0 Å². The van der Waals surface area contributed by atoms with E-state index in [-0.39, 0.29) is 15.9 Å². The highest BCUT2D eigenvalue weighted by molar-refractivity contribution is 7.92. The van der Waals surface area contributed by atoms with Crippen molar-refractivity contribution in [3.05, 3.63) is 41.0 Å². The maximum atomic E-state index is 12.1. The maximum absolute atomic E-state index is 12.1. The van der Waals surface area contributed by atoms with Crippen LogP contribution in [0, 0.1) is 6.92 Å². The minimum Gasteiger partial charge on any atom is -0.399 e. The average molecular weight is 299 g/mol. The van der Waals surface area contributed by atoms with Gasteiger partial charge in [0.25, 0.3) is 10.0 Å². The largest absolute Gasteiger partial charge is 0.399 e. The van der Waals surface area contributed by atoms with Gasteiger partial charge in [0.2, 0.25) is 0 Å². The molecular weight excluding hydrogens is 288 g/mol. The molecule has 0 radical (unpaired) electrons. The van der Waals surface area contributed by atoms with Gasteiger partial charge in [-0.2, -0.15) is 0 Å². The number of nitrogen functional groups attached to an aromatic ring is 1. The van der Waals surface area contributed by atoms with Crippen LogP contribution >= 0.6 is 11.6 Å². The average Bonchev–Trinajstić information content (AvgIpc) is 2.34. The number of rotatable bonds is 3. The van der Waals surface area contributed by atoms with Crippen LogP contribution in [0.1, 0.15) is 5.56 Å². The van der Waals surface area contributed by atoms with E-state index < -0.39 is 10.0 Å². The molecule has 0 fully saturated rings. The number of sulfonamides is 1. The maximum Gasteiger partial charge on any atom is 0.263 e. The first-order valence-electron chi connectivity index (χ1n) is 5.27. The third-order valence-corrected chi connectivity index (χ3v) is 4.10. The summed E-state index contributed by atoms with van der Waals surface area (Å²) in [4.78, 5) is 0.0936. The Hall–Kier alpha value is -1.86. The van der Waals surface area contributed by atoms with Gasteiger partial charge in [-0.25, -0.2) is 8.42 Å². The van der Waals surface area contributed by atoms with Crippen molar-refractivity contribution in [2.45, 2.75) is 11.8 Å². The lowest BCUT2D eigenvalue weighted by atomic mass is 10.3. The van der Waals surface area contributed by atoms with Crippen LogP contribution in [0.4, 0.5) is 11.5 Å². The van der Waals surface area contributed by atoms with Crippen LogP contribution < -0.4 is 10.5 Å². The molecule has 0 aliphatic rings. The monoisotopic (exact) mass is 298 g/mol. The van der Waals surface area contributed by atoms with Crippen molar-refractivity contribution in [1.82, 2.24) is 10.2 Å². The molecule has 6 nitrogen and oxygen atoms in total. The van der Waals surface area contributed by atoms with Crippen molar-refractivity contribution in [1.29, 1.82) is 0 Å². The first kappa shape index (κ1) is 13.6. The first-order valence-corrected chi connectivity index (χ1v) is 7.13. The Morgan fingerprint density at radius 3 is 2.42 bits per heavy atom. The molecule has 100 valence electrons. The van der Waals surface area contributed by atoms with E-state index >= 15 is 0 Å². The van der Waals surface area contributed by atoms with E-state index in [9.17, 15) is 8.42 Å². The van der Waals surface area contributed by atoms with Crippen molar-refractivity contribution >= 4 is 33.1 Å². The van der Waals surface area contributed by atoms with Crippen LogP contribution in [0.25, 0.3) is 0 Å². The Bertz CT molecular complexity index is 701. The van der Waals surface area contributed by atoms with Gasteiger partial charge in [-0.3, -0.25) is 4.72 Å². The summed E-state index contributed by atoms with van der Waals surface area (Å²) < 4.78 is 26.4. The summed E-state index contributed by atoms with van der Waals surface area (Å²) in [7, 11) is -3.71. The van der Waals surface area contributed by atoms with Gasteiger partial charge in [-0.15, -0.1) is 10.2 Å². The van der Waals surface area contributed by atoms with E-state index in [0.717, 1.165) is 0 Å². The van der Waals surface area contributed by atoms with Gasteiger partial charge in [0, 0.05) is 5.69 Å². The minimum atomic E-state index is -3.71. The van der Waals surface area contributed by atoms with Crippen molar-refractivity contribution < 1.29 is 8.42 Å². The van der Waals surface area contributed by atoms with Crippen molar-refractivity contribution in [3.8, 4) is 0 Å². The number of aromatic nitrogens is 2. The lowest BCUT2D eigenvalue weighted by molar-refractivity contribution is 0.601. The van der Waals surface area contributed by atoms with Crippen molar-refractivity contribution in [2.24, 2.45) is 0 Å². The second kappa shape index (κ2) is 5.02. The Morgan fingerprint density at radius 2 is 1.84 bits per heavy atom. The number of benzene rings is 1. The fourth-order valence-electron chi connectivity index (χ4n) is 1.36. The molecule has 1 heterocycles. The van der Waals surface area contributed by atoms with Gasteiger partial charge in [-0.05, 0) is 42.8 Å². The number of anilines is 2. The molecule has 1 aromatic carbocycles. The molecule has 0 unspecified atom stereocenters. The summed E-state index contributed by atoms with van der Waals surface area (Å²) in [6.07, 6.45) is 0. The summed E-state index contributed by atoms with van der Waals surface area (Å²) in [5, 5.41) is 7.54. The second-order valence-corrected chi connectivity index (χ2v) is 5.92. The van der Waals surface area contributed by atoms with Gasteiger partial charge in [0.05, 0.1) is 4.90 Å². The molecule has 0 saturated carbocycles. The highest BCUT2D eigenvalue weighted by Gasteiger charge is 2.15. The highest BCUT2D eigenvalue weighted by atomic mass is 35.5. The fraction of sp³-hybridized carbons (Fsp3) is 0.0909. The lowest BCUT2D eigenvalue weighted by Gasteiger charge is -2.07. The van der Waals surface area contributed by atoms with Crippen LogP contribution in [-0.2, 0) is 10.0 Å². The first-order chi connectivity index (χ1) is 8.88. The molecule has 0 aliphatic heterocycles. The topological polar surface area (TPSA) is 98.0 Å². The molecule has 8 heteroatoms. The fourth-order valence-corrected chi connectivity index (χ4v) is 2.44. The van der Waals surface area contributed by atoms with Gasteiger partial charge >= 0.3 is 0 Å². The summed E-state index contributed by atoms with van der Waals surface area (Å²) in [6, 6.07) is 7.34. The Morgan fingerprint density at radius 1 is 1.21 bits per heavy atom. The predicted molar refractivity (Wildman–Crippen MR) is 73.4 cm³/mol. The Balaban J connectivity index is 2.30. The molecule has 0 aliphatic carbocycles. The molecule has 2 rings (SSSR count). The smallest absolute Gasteiger partial charge is 0.263 e. The summed E-state index contributed by atoms with van der Waals surface area (Å²) in [6.45, 7) is 1.71. The Labute approximate surface area is 115 Å². The van der Waals surface area contributed by atoms with Gasteiger partial charge in [0.15, 0.2) is 11.0 Å². The zero-order valence-corrected chi connectivity index (χ0v) is 11.5. The molecular formula is C11H11ClN4O2S. The van der Waals surface area contributed by atoms with E-state index in [2.05, 4.69) is 14.9 Å². The highest BCUT2D eigenvalue weighted by Crippen LogP contribution is 2.18. The number of nitrogens with zero attached hydrogens (tertiary/aromatic N) is 2. The number of halogens is 1. The van der Waals surface area contributed by atoms with Crippen LogP contribution in [0.3, 0.4) is 0 Å². The lowest BCUT2D eigenvalue weighted by Crippen LogP contribution is -2.14. The summed E-state index contributed by atoms with van der Waals surface area (Å²) in [5.74, 6) is 0.110. The number of aryl methyl sites for hydroxylation is 1. The standard InChI is InChI=1S/C11H11ClN4O2S/c1-7-6-10(14-15-11(7)12)16-19(17,18)9-4-2-8(13)3-5-9/h2-6H,13H2,1H3,(H,14,16). The summed E-state index contributed by atoms with van der Waals surface area (Å²) >= 11 is 5.72. The number of nitrogens with one attached hydrogen (secondary N) is 1. The zero-order valence-electron chi connectivity index (χ0n) is 9.96. The molecule has 0 bridgehead atoms. The minimum absolute atomic E-state index is 0.0936. The third kappa shape index (κ3) is 3.12. The van der Waals surface area contributed by atoms with Crippen LogP contribution in [0.15, 0.2) is 35.2 Å². The summed E-state index contributed by atoms with van der Waals surface area (Å²) in [5.41, 5.74) is 6.63. The van der Waals surface area contributed by atoms with E-state index in [1.807, 2.05) is 0 Å². The predicted octanol–water partition coefficient (Wildman–Crippen LogP) is 1.82. The van der Waals surface area contributed by atoms with Gasteiger partial charge in [-0.1, -0.05) is 11.6 Å². The van der Waals surface area contributed by atoms with Gasteiger partial charge < -0.3 is 5.73 Å². The number of hydrogen-bond donors (Lipinski definition) is 2. The van der Waals surface area contributed by atoms with E-state index in [0.29, 0.717) is 11.3 Å². The van der Waals surface area contributed by atoms with E-state index in [4.69, 9.17) is 17.3 Å². The molecule has 1 aromatic heterocycles. The molecule has 0 saturated heterocycles. The molecule has 19 heavy (non-hydrogen) atoms. The van der Waals surface area contributed by atoms with Crippen LogP contribution in [0.2, 0.25) is 5.15 Å². The number of nitrogens with two attached hydrogens (primary N) is 1. The molecule has 0 atom stereocenters. The zero-order chi connectivity index (χ0) is 14.0. The molecule has 0 amide bonds. The SMILES string of the molecule is Cc1cc(NS(=O)(=O)c2ccc(N)cc2)nnc1Cl. The van der Waals surface area contributed by atoms with Crippen molar-refractivity contribution in [3.63, 3.8) is 0 Å². The molecule has 2 aromatic rings. The van der Waals surface area contributed by atoms with Crippen molar-refractivity contribution in [2.75, 3.05) is 10.5 Å². The number of hydrogen-bond acceptors (Lipinski definition) is 5. The van der Waals surface area contributed by atoms with E-state index in [1.165, 1.54) is 30.3 Å². The Kier molecular flexibility index (Phi) is 3.59.